The third-order valence-corrected chi connectivity index (χ3v) is 6.52. The Hall–Kier alpha value is -1.99. The minimum atomic E-state index is -3.28. The van der Waals surface area contributed by atoms with Crippen LogP contribution in [0.2, 0.25) is 0 Å². The quantitative estimate of drug-likeness (QED) is 0.506. The Morgan fingerprint density at radius 1 is 0.889 bits per heavy atom. The zero-order chi connectivity index (χ0) is 25.7. The first-order chi connectivity index (χ1) is 15.5. The Morgan fingerprint density at radius 2 is 1.42 bits per heavy atom. The number of nitrogens with zero attached hydrogens (tertiary/aromatic N) is 2. The number of ether oxygens (including phenoxy) is 2. The van der Waals surface area contributed by atoms with Gasteiger partial charge in [-0.1, -0.05) is 14.9 Å². The summed E-state index contributed by atoms with van der Waals surface area (Å²) in [6, 6.07) is -0.863. The van der Waals surface area contributed by atoms with E-state index in [0.717, 1.165) is 17.9 Å². The van der Waals surface area contributed by atoms with E-state index in [1.54, 1.807) is 13.8 Å². The second-order valence-electron chi connectivity index (χ2n) is 9.97. The molecule has 3 atom stereocenters. The summed E-state index contributed by atoms with van der Waals surface area (Å²) in [6.07, 6.45) is 0.678. The van der Waals surface area contributed by atoms with Crippen molar-refractivity contribution < 1.29 is 46.5 Å². The van der Waals surface area contributed by atoms with Crippen LogP contribution in [0.5, 0.6) is 0 Å². The zero-order valence-electron chi connectivity index (χ0n) is 19.6. The fourth-order valence-electron chi connectivity index (χ4n) is 4.87. The first-order valence-corrected chi connectivity index (χ1v) is 11.1. The summed E-state index contributed by atoms with van der Waals surface area (Å²) >= 11 is 0. The Balaban J connectivity index is 0.000000265. The van der Waals surface area contributed by atoms with Crippen LogP contribution in [0.4, 0.5) is 17.6 Å². The topological polar surface area (TPSA) is 108 Å². The van der Waals surface area contributed by atoms with Gasteiger partial charge in [-0.15, -0.1) is 0 Å². The number of alkyl halides is 4. The number of rotatable bonds is 1. The van der Waals surface area contributed by atoms with Gasteiger partial charge in [0.05, 0.1) is 37.9 Å². The predicted molar refractivity (Wildman–Crippen MR) is 122 cm³/mol. The number of aliphatic hydroxyl groups is 1. The normalized spacial score (nSPS) is 31.7. The van der Waals surface area contributed by atoms with E-state index in [0.29, 0.717) is 12.5 Å². The van der Waals surface area contributed by atoms with Crippen LogP contribution in [0.15, 0.2) is 0 Å². The molecule has 9 nitrogen and oxygen atoms in total. The van der Waals surface area contributed by atoms with Crippen LogP contribution < -0.4 is 5.32 Å². The lowest BCUT2D eigenvalue weighted by molar-refractivity contribution is -0.161. The van der Waals surface area contributed by atoms with Gasteiger partial charge in [-0.05, 0) is 34.1 Å². The minimum Gasteiger partial charge on any atom is -0.394 e. The van der Waals surface area contributed by atoms with Gasteiger partial charge in [-0.25, -0.2) is 0 Å². The van der Waals surface area contributed by atoms with E-state index in [-0.39, 0.29) is 33.1 Å². The summed E-state index contributed by atoms with van der Waals surface area (Å²) in [6.45, 7) is 7.68. The van der Waals surface area contributed by atoms with Gasteiger partial charge in [-0.3, -0.25) is 14.4 Å². The van der Waals surface area contributed by atoms with Crippen LogP contribution in [-0.4, -0.2) is 93.9 Å². The van der Waals surface area contributed by atoms with Gasteiger partial charge >= 0.3 is 11.8 Å². The van der Waals surface area contributed by atoms with Crippen molar-refractivity contribution in [2.24, 2.45) is 0 Å². The third kappa shape index (κ3) is 6.10. The van der Waals surface area contributed by atoms with Crippen molar-refractivity contribution in [1.82, 2.24) is 15.1 Å². The van der Waals surface area contributed by atoms with E-state index in [9.17, 15) is 31.9 Å². The molecule has 5 fully saturated rings. The number of halogens is 4. The molecule has 0 aromatic carbocycles. The lowest BCUT2D eigenvalue weighted by Gasteiger charge is -2.29. The minimum absolute atomic E-state index is 0. The van der Waals surface area contributed by atoms with Crippen molar-refractivity contribution in [3.05, 3.63) is 0 Å². The number of fused-ring (bicyclic) bond motifs is 2. The van der Waals surface area contributed by atoms with Gasteiger partial charge in [0.1, 0.15) is 11.4 Å². The molecular weight excluding hydrogens is 490 g/mol. The molecule has 5 rings (SSSR count). The van der Waals surface area contributed by atoms with Gasteiger partial charge in [0.15, 0.2) is 0 Å². The van der Waals surface area contributed by atoms with Crippen molar-refractivity contribution in [1.29, 1.82) is 0 Å². The molecule has 0 bridgehead atoms. The number of hydrogen-bond donors (Lipinski definition) is 2. The highest BCUT2D eigenvalue weighted by Crippen LogP contribution is 2.42. The molecule has 5 heterocycles. The molecule has 5 aliphatic rings. The second kappa shape index (κ2) is 10.8. The Morgan fingerprint density at radius 3 is 1.83 bits per heavy atom. The molecule has 5 aliphatic heterocycles. The van der Waals surface area contributed by atoms with E-state index < -0.39 is 60.9 Å². The zero-order valence-corrected chi connectivity index (χ0v) is 19.6. The number of carbonyl (C=O) groups excluding carboxylic acids is 3. The summed E-state index contributed by atoms with van der Waals surface area (Å²) in [7, 11) is 0. The fraction of sp³-hybridized carbons (Fsp3) is 0.870. The average molecular weight is 530 g/mol. The number of hydrogen-bond acceptors (Lipinski definition) is 6. The number of carbonyl (C=O) groups is 3. The second-order valence-corrected chi connectivity index (χ2v) is 9.97. The van der Waals surface area contributed by atoms with Gasteiger partial charge in [0.2, 0.25) is 5.91 Å². The molecule has 0 aliphatic carbocycles. The van der Waals surface area contributed by atoms with Crippen molar-refractivity contribution in [2.75, 3.05) is 19.8 Å². The van der Waals surface area contributed by atoms with Crippen molar-refractivity contribution in [3.63, 3.8) is 0 Å². The molecule has 0 spiro atoms. The van der Waals surface area contributed by atoms with E-state index in [1.807, 2.05) is 24.1 Å². The Bertz CT molecular complexity index is 839. The van der Waals surface area contributed by atoms with Crippen LogP contribution in [0, 0.1) is 0 Å². The SMILES string of the molecule is C.C.CC1(C)OC[C@H]2CC(F)(F)C(=O)N21.CC1(C)OC[C@H]2CCC(=O)N21.O=C1N[C@@H](CO)CC1(F)F. The molecule has 0 aromatic rings. The Kier molecular flexibility index (Phi) is 9.60. The predicted octanol–water partition coefficient (Wildman–Crippen LogP) is 2.51. The van der Waals surface area contributed by atoms with Crippen LogP contribution in [0.3, 0.4) is 0 Å². The maximum atomic E-state index is 13.0. The molecule has 0 aromatic heterocycles. The van der Waals surface area contributed by atoms with E-state index in [1.165, 1.54) is 0 Å². The molecule has 36 heavy (non-hydrogen) atoms. The number of nitrogens with one attached hydrogen (secondary N) is 1. The molecular formula is C23H39F4N3O6. The molecule has 5 saturated heterocycles. The van der Waals surface area contributed by atoms with Crippen molar-refractivity contribution >= 4 is 17.7 Å². The molecule has 2 N–H and O–H groups in total. The first kappa shape index (κ1) is 32.0. The summed E-state index contributed by atoms with van der Waals surface area (Å²) < 4.78 is 61.1. The highest BCUT2D eigenvalue weighted by molar-refractivity contribution is 5.87. The molecule has 0 radical (unpaired) electrons. The largest absolute Gasteiger partial charge is 0.394 e. The number of amides is 3. The van der Waals surface area contributed by atoms with Gasteiger partial charge < -0.3 is 29.7 Å². The van der Waals surface area contributed by atoms with E-state index in [2.05, 4.69) is 0 Å². The van der Waals surface area contributed by atoms with Crippen LogP contribution in [0.1, 0.15) is 68.2 Å². The van der Waals surface area contributed by atoms with Gasteiger partial charge in [0, 0.05) is 19.3 Å². The first-order valence-electron chi connectivity index (χ1n) is 11.1. The Labute approximate surface area is 209 Å². The highest BCUT2D eigenvalue weighted by atomic mass is 19.3. The summed E-state index contributed by atoms with van der Waals surface area (Å²) in [5, 5.41) is 10.3. The smallest absolute Gasteiger partial charge is 0.326 e. The fourth-order valence-corrected chi connectivity index (χ4v) is 4.87. The molecule has 13 heteroatoms. The summed E-state index contributed by atoms with van der Waals surface area (Å²) in [5.74, 6) is -8.61. The van der Waals surface area contributed by atoms with Crippen molar-refractivity contribution in [2.45, 2.75) is 110 Å². The van der Waals surface area contributed by atoms with Crippen molar-refractivity contribution in [3.8, 4) is 0 Å². The maximum absolute atomic E-state index is 13.0. The maximum Gasteiger partial charge on any atom is 0.326 e. The molecule has 3 amide bonds. The van der Waals surface area contributed by atoms with E-state index in [4.69, 9.17) is 14.6 Å². The van der Waals surface area contributed by atoms with E-state index >= 15 is 0 Å². The van der Waals surface area contributed by atoms with Crippen LogP contribution in [-0.2, 0) is 23.9 Å². The summed E-state index contributed by atoms with van der Waals surface area (Å²) in [4.78, 5) is 35.9. The van der Waals surface area contributed by atoms with Crippen LogP contribution >= 0.6 is 0 Å². The standard InChI is InChI=1S/C8H11F2NO2.C8H13NO2.C5H7F2NO2.2CH4/c1-7(2)11-5(4-13-7)3-8(9,10)6(11)12;1-8(2)9-6(5-11-8)3-4-7(9)10;6-5(7)1-3(2-9)8-4(5)10;;/h5H,3-4H2,1-2H3;6H,3-5H2,1-2H3;3,9H,1-2H2,(H,8,10);2*1H4/t5-;6-;3-;;/m111../s1. The molecule has 0 saturated carbocycles. The number of aliphatic hydroxyl groups excluding tert-OH is 1. The monoisotopic (exact) mass is 529 g/mol. The third-order valence-electron chi connectivity index (χ3n) is 6.52. The lowest BCUT2D eigenvalue weighted by Crippen LogP contribution is -2.46. The molecule has 210 valence electrons. The summed E-state index contributed by atoms with van der Waals surface area (Å²) in [5.41, 5.74) is -1.22. The van der Waals surface area contributed by atoms with Gasteiger partial charge in [0.25, 0.3) is 11.8 Å². The lowest BCUT2D eigenvalue weighted by atomic mass is 10.2. The highest BCUT2D eigenvalue weighted by Gasteiger charge is 2.60. The average Bonchev–Trinajstić information content (AvgIpc) is 3.45. The van der Waals surface area contributed by atoms with Gasteiger partial charge in [-0.2, -0.15) is 17.6 Å². The van der Waals surface area contributed by atoms with Crippen LogP contribution in [0.25, 0.3) is 0 Å². The molecule has 0 unspecified atom stereocenters.